The van der Waals surface area contributed by atoms with Gasteiger partial charge in [-0.3, -0.25) is 9.88 Å². The predicted molar refractivity (Wildman–Crippen MR) is 223 cm³/mol. The van der Waals surface area contributed by atoms with Gasteiger partial charge in [-0.1, -0.05) is 77.8 Å². The van der Waals surface area contributed by atoms with E-state index in [1.807, 2.05) is 80.1 Å². The quantitative estimate of drug-likeness (QED) is 0.0735. The third-order valence-electron chi connectivity index (χ3n) is 10.0. The van der Waals surface area contributed by atoms with Crippen molar-refractivity contribution in [2.75, 3.05) is 52.1 Å². The van der Waals surface area contributed by atoms with Gasteiger partial charge in [0.25, 0.3) is 0 Å². The number of hydrogen-bond donors (Lipinski definition) is 3. The summed E-state index contributed by atoms with van der Waals surface area (Å²) in [6.07, 6.45) is 14.2. The van der Waals surface area contributed by atoms with E-state index in [9.17, 15) is 0 Å². The Kier molecular flexibility index (Phi) is 14.8. The van der Waals surface area contributed by atoms with Crippen molar-refractivity contribution in [2.24, 2.45) is 0 Å². The summed E-state index contributed by atoms with van der Waals surface area (Å²) in [6.45, 7) is 15.5. The molecule has 0 saturated carbocycles. The standard InChI is InChI=1S/C43H53BClN7/c1-6-8-13-34(46-4)29-47-28-33-19-20-40(50-31(33)3)39-18-11-16-37(42(39)44)38-17-10-15-36(43(38)45)32-21-23-49-41(27-32)48-22-12-24-52-26-25-51(5)35(30-52)14-9-7-2/h6-7,10-12,15-23,27,34-35,46-47H,1-2,8-9,13-14,24-26,28-30H2,3-5H3,(H,48,49). The molecule has 1 fully saturated rings. The number of likely N-dealkylation sites (N-methyl/N-ethyl adjacent to an activating group) is 2. The molecule has 1 saturated heterocycles. The van der Waals surface area contributed by atoms with E-state index in [0.29, 0.717) is 22.6 Å². The lowest BCUT2D eigenvalue weighted by Gasteiger charge is -2.39. The number of hydrogen-bond acceptors (Lipinski definition) is 7. The average molecular weight is 714 g/mol. The fourth-order valence-corrected chi connectivity index (χ4v) is 7.12. The van der Waals surface area contributed by atoms with Crippen LogP contribution in [0.4, 0.5) is 5.82 Å². The SMILES string of the molecule is [B]c1c(-c2ccc(CNCC(CCC=C)NC)c(C)n2)cccc1-c1cccc(-c2ccnc(NC=CCN3CCN(C)C(CCC=C)C3)c2)c1Cl. The zero-order valence-corrected chi connectivity index (χ0v) is 31.8. The first-order chi connectivity index (χ1) is 25.3. The highest BCUT2D eigenvalue weighted by Gasteiger charge is 2.23. The molecule has 1 aliphatic rings. The minimum absolute atomic E-state index is 0.400. The lowest BCUT2D eigenvalue weighted by Crippen LogP contribution is -2.51. The number of rotatable bonds is 18. The van der Waals surface area contributed by atoms with E-state index in [0.717, 1.165) is 116 Å². The van der Waals surface area contributed by atoms with Crippen LogP contribution in [0.25, 0.3) is 33.5 Å². The maximum Gasteiger partial charge on any atom is 0.130 e. The molecule has 3 N–H and O–H groups in total. The van der Waals surface area contributed by atoms with Gasteiger partial charge in [0.15, 0.2) is 0 Å². The number of allylic oxidation sites excluding steroid dienone is 2. The van der Waals surface area contributed by atoms with Crippen LogP contribution in [0.1, 0.15) is 36.9 Å². The number of pyridine rings is 2. The highest BCUT2D eigenvalue weighted by molar-refractivity contribution is 6.41. The summed E-state index contributed by atoms with van der Waals surface area (Å²) in [5.74, 6) is 0.758. The molecule has 9 heteroatoms. The molecule has 0 bridgehead atoms. The van der Waals surface area contributed by atoms with Crippen molar-refractivity contribution < 1.29 is 0 Å². The van der Waals surface area contributed by atoms with E-state index < -0.39 is 0 Å². The van der Waals surface area contributed by atoms with Crippen LogP contribution in [-0.4, -0.2) is 86.5 Å². The third kappa shape index (κ3) is 10.3. The van der Waals surface area contributed by atoms with E-state index >= 15 is 0 Å². The number of benzene rings is 2. The van der Waals surface area contributed by atoms with Crippen LogP contribution < -0.4 is 21.4 Å². The molecule has 5 rings (SSSR count). The van der Waals surface area contributed by atoms with Gasteiger partial charge in [0.1, 0.15) is 13.7 Å². The van der Waals surface area contributed by atoms with Crippen LogP contribution in [0, 0.1) is 6.92 Å². The van der Waals surface area contributed by atoms with Gasteiger partial charge in [-0.25, -0.2) is 4.98 Å². The fourth-order valence-electron chi connectivity index (χ4n) is 6.78. The molecular weight excluding hydrogens is 661 g/mol. The first-order valence-electron chi connectivity index (χ1n) is 18.4. The Labute approximate surface area is 317 Å². The van der Waals surface area contributed by atoms with E-state index in [1.54, 1.807) is 0 Å². The minimum Gasteiger partial charge on any atom is -0.347 e. The van der Waals surface area contributed by atoms with E-state index in [1.165, 1.54) is 0 Å². The monoisotopic (exact) mass is 713 g/mol. The normalized spacial score (nSPS) is 15.9. The van der Waals surface area contributed by atoms with Gasteiger partial charge in [-0.2, -0.15) is 0 Å². The molecule has 0 aliphatic carbocycles. The number of nitrogens with zero attached hydrogens (tertiary/aromatic N) is 4. The number of nitrogens with one attached hydrogen (secondary N) is 3. The largest absolute Gasteiger partial charge is 0.347 e. The minimum atomic E-state index is 0.400. The second-order valence-electron chi connectivity index (χ2n) is 13.6. The van der Waals surface area contributed by atoms with Gasteiger partial charge in [0.2, 0.25) is 0 Å². The molecule has 0 amide bonds. The molecule has 0 spiro atoms. The summed E-state index contributed by atoms with van der Waals surface area (Å²) in [5.41, 5.74) is 8.14. The summed E-state index contributed by atoms with van der Waals surface area (Å²) in [7, 11) is 11.1. The zero-order chi connectivity index (χ0) is 36.9. The predicted octanol–water partition coefficient (Wildman–Crippen LogP) is 7.38. The second-order valence-corrected chi connectivity index (χ2v) is 14.0. The van der Waals surface area contributed by atoms with Crippen molar-refractivity contribution in [3.05, 3.63) is 121 Å². The van der Waals surface area contributed by atoms with E-state index in [4.69, 9.17) is 24.4 Å². The summed E-state index contributed by atoms with van der Waals surface area (Å²) in [6, 6.07) is 21.3. The number of anilines is 1. The maximum atomic E-state index is 7.17. The van der Waals surface area contributed by atoms with Crippen LogP contribution in [0.3, 0.4) is 0 Å². The molecular formula is C43H53BClN7. The van der Waals surface area contributed by atoms with Gasteiger partial charge < -0.3 is 20.9 Å². The topological polar surface area (TPSA) is 68.3 Å². The fraction of sp³-hybridized carbons (Fsp3) is 0.349. The molecule has 2 atom stereocenters. The zero-order valence-electron chi connectivity index (χ0n) is 31.0. The number of piperazine rings is 1. The number of aryl methyl sites for hydroxylation is 1. The van der Waals surface area contributed by atoms with Crippen molar-refractivity contribution in [3.63, 3.8) is 0 Å². The first kappa shape index (κ1) is 39.2. The Morgan fingerprint density at radius 1 is 1.00 bits per heavy atom. The molecule has 52 heavy (non-hydrogen) atoms. The summed E-state index contributed by atoms with van der Waals surface area (Å²) >= 11 is 7.17. The van der Waals surface area contributed by atoms with Crippen LogP contribution in [0.5, 0.6) is 0 Å². The van der Waals surface area contributed by atoms with Crippen LogP contribution >= 0.6 is 11.6 Å². The van der Waals surface area contributed by atoms with Crippen molar-refractivity contribution in [1.29, 1.82) is 0 Å². The van der Waals surface area contributed by atoms with Crippen molar-refractivity contribution in [3.8, 4) is 33.5 Å². The van der Waals surface area contributed by atoms with Gasteiger partial charge in [0.05, 0.1) is 10.7 Å². The Morgan fingerprint density at radius 3 is 2.54 bits per heavy atom. The van der Waals surface area contributed by atoms with E-state index in [-0.39, 0.29) is 0 Å². The van der Waals surface area contributed by atoms with Crippen LogP contribution in [0.2, 0.25) is 5.02 Å². The molecule has 7 nitrogen and oxygen atoms in total. The Bertz CT molecular complexity index is 1830. The smallest absolute Gasteiger partial charge is 0.130 e. The molecule has 1 aliphatic heterocycles. The molecule has 270 valence electrons. The van der Waals surface area contributed by atoms with Crippen LogP contribution in [-0.2, 0) is 6.54 Å². The maximum absolute atomic E-state index is 7.17. The second kappa shape index (κ2) is 19.7. The van der Waals surface area contributed by atoms with Crippen molar-refractivity contribution in [1.82, 2.24) is 30.4 Å². The molecule has 3 heterocycles. The Morgan fingerprint density at radius 2 is 1.77 bits per heavy atom. The number of aromatic nitrogens is 2. The van der Waals surface area contributed by atoms with Gasteiger partial charge in [-0.05, 0) is 93.4 Å². The lowest BCUT2D eigenvalue weighted by atomic mass is 9.81. The Balaban J connectivity index is 1.26. The summed E-state index contributed by atoms with van der Waals surface area (Å²) in [5, 5.41) is 10.9. The van der Waals surface area contributed by atoms with Crippen molar-refractivity contribution in [2.45, 2.75) is 51.2 Å². The molecule has 2 aromatic carbocycles. The van der Waals surface area contributed by atoms with Gasteiger partial charge in [0, 0.05) is 74.4 Å². The summed E-state index contributed by atoms with van der Waals surface area (Å²) in [4.78, 5) is 14.5. The highest BCUT2D eigenvalue weighted by Crippen LogP contribution is 2.37. The highest BCUT2D eigenvalue weighted by atomic mass is 35.5. The molecule has 4 aromatic rings. The molecule has 2 unspecified atom stereocenters. The van der Waals surface area contributed by atoms with Gasteiger partial charge in [-0.15, -0.1) is 13.2 Å². The third-order valence-corrected chi connectivity index (χ3v) is 10.5. The number of halogens is 1. The van der Waals surface area contributed by atoms with Gasteiger partial charge >= 0.3 is 0 Å². The molecule has 2 aromatic heterocycles. The Hall–Kier alpha value is -4.05. The lowest BCUT2D eigenvalue weighted by molar-refractivity contribution is 0.0994. The van der Waals surface area contributed by atoms with E-state index in [2.05, 4.69) is 76.1 Å². The summed E-state index contributed by atoms with van der Waals surface area (Å²) < 4.78 is 0. The molecule has 2 radical (unpaired) electrons. The van der Waals surface area contributed by atoms with Crippen LogP contribution in [0.15, 0.2) is 104 Å². The van der Waals surface area contributed by atoms with Crippen molar-refractivity contribution >= 4 is 30.7 Å². The first-order valence-corrected chi connectivity index (χ1v) is 18.7. The average Bonchev–Trinajstić information content (AvgIpc) is 3.16.